The molecule has 0 spiro atoms. The second-order valence-corrected chi connectivity index (χ2v) is 23.2. The first-order valence-corrected chi connectivity index (χ1v) is 20.6. The summed E-state index contributed by atoms with van der Waals surface area (Å²) >= 11 is -2.69. The molecular formula is C38H44Hf. The summed E-state index contributed by atoms with van der Waals surface area (Å²) < 4.78 is 2.88. The van der Waals surface area contributed by atoms with Gasteiger partial charge < -0.3 is 0 Å². The quantitative estimate of drug-likeness (QED) is 0.133. The van der Waals surface area contributed by atoms with E-state index in [4.69, 9.17) is 0 Å². The van der Waals surface area contributed by atoms with Crippen LogP contribution in [0.4, 0.5) is 0 Å². The maximum absolute atomic E-state index is 4.04. The Morgan fingerprint density at radius 2 is 1.31 bits per heavy atom. The number of hydrogen-bond donors (Lipinski definition) is 0. The second-order valence-electron chi connectivity index (χ2n) is 13.3. The van der Waals surface area contributed by atoms with Crippen LogP contribution >= 0.6 is 0 Å². The number of hydrogen-bond acceptors (Lipinski definition) is 0. The van der Waals surface area contributed by atoms with E-state index in [0.29, 0.717) is 7.35 Å². The van der Waals surface area contributed by atoms with E-state index in [2.05, 4.69) is 145 Å². The van der Waals surface area contributed by atoms with Crippen LogP contribution in [0.2, 0.25) is 3.67 Å². The number of benzene rings is 3. The van der Waals surface area contributed by atoms with E-state index in [1.54, 1.807) is 14.4 Å². The van der Waals surface area contributed by atoms with Gasteiger partial charge in [0.15, 0.2) is 0 Å². The van der Waals surface area contributed by atoms with Crippen molar-refractivity contribution in [3.8, 4) is 11.1 Å². The normalized spacial score (nSPS) is 15.8. The van der Waals surface area contributed by atoms with Crippen molar-refractivity contribution in [1.29, 1.82) is 0 Å². The third kappa shape index (κ3) is 5.76. The molecule has 0 bridgehead atoms. The first kappa shape index (κ1) is 28.2. The van der Waals surface area contributed by atoms with Gasteiger partial charge in [0.05, 0.1) is 0 Å². The van der Waals surface area contributed by atoms with Gasteiger partial charge >= 0.3 is 246 Å². The molecule has 0 unspecified atom stereocenters. The van der Waals surface area contributed by atoms with Crippen LogP contribution in [-0.2, 0) is 31.8 Å². The summed E-state index contributed by atoms with van der Waals surface area (Å²) in [6.45, 7) is 18.1. The standard InChI is InChI=1S/C21H25.C12H14.C5H5.Hf/c1-20(2,3)16-7-9-18-14(12-16)11-15-13-17(21(4,5)6)8-10-19(15)18;1-2-3-4-6-9-12-10-7-5-8-11-12;1-2-4-5-3-1;/h7-13H,1-6H3;2,5,7-8,10-11H,1,3-4,6H2;1-5H;. The van der Waals surface area contributed by atoms with Gasteiger partial charge in [-0.3, -0.25) is 0 Å². The van der Waals surface area contributed by atoms with Crippen LogP contribution in [0.5, 0.6) is 0 Å². The SMILES string of the molecule is C=CCCC[C](c1ccccc1)=[Hf]([CH]1C=CC=C1)[CH]1c2cc(C(C)(C)C)ccc2-c2ccc(C(C)(C)C)cc21. The molecule has 0 atom stereocenters. The predicted molar refractivity (Wildman–Crippen MR) is 168 cm³/mol. The number of allylic oxidation sites excluding steroid dienone is 5. The monoisotopic (exact) mass is 680 g/mol. The van der Waals surface area contributed by atoms with E-state index in [1.807, 2.05) is 0 Å². The molecule has 0 nitrogen and oxygen atoms in total. The molecule has 2 aliphatic carbocycles. The zero-order chi connectivity index (χ0) is 27.8. The van der Waals surface area contributed by atoms with Crippen molar-refractivity contribution in [1.82, 2.24) is 0 Å². The number of unbranched alkanes of at least 4 members (excludes halogenated alkanes) is 1. The Balaban J connectivity index is 1.84. The van der Waals surface area contributed by atoms with Gasteiger partial charge in [0.2, 0.25) is 0 Å². The van der Waals surface area contributed by atoms with Gasteiger partial charge in [-0.25, -0.2) is 0 Å². The van der Waals surface area contributed by atoms with E-state index in [-0.39, 0.29) is 10.8 Å². The minimum absolute atomic E-state index is 0.124. The predicted octanol–water partition coefficient (Wildman–Crippen LogP) is 10.5. The molecule has 2 aliphatic rings. The second kappa shape index (κ2) is 11.2. The summed E-state index contributed by atoms with van der Waals surface area (Å²) in [6, 6.07) is 26.2. The van der Waals surface area contributed by atoms with Crippen LogP contribution in [-0.4, -0.2) is 3.26 Å². The molecule has 3 aromatic rings. The number of rotatable bonds is 7. The molecule has 5 rings (SSSR count). The van der Waals surface area contributed by atoms with Crippen molar-refractivity contribution in [2.75, 3.05) is 0 Å². The van der Waals surface area contributed by atoms with Crippen LogP contribution in [0.3, 0.4) is 0 Å². The average molecular weight is 679 g/mol. The van der Waals surface area contributed by atoms with Crippen molar-refractivity contribution in [2.45, 2.75) is 79.0 Å². The van der Waals surface area contributed by atoms with Crippen molar-refractivity contribution in [3.63, 3.8) is 0 Å². The van der Waals surface area contributed by atoms with Crippen LogP contribution in [0, 0.1) is 0 Å². The Morgan fingerprint density at radius 1 is 0.769 bits per heavy atom. The van der Waals surface area contributed by atoms with Crippen molar-refractivity contribution < 1.29 is 21.0 Å². The Bertz CT molecular complexity index is 1380. The van der Waals surface area contributed by atoms with Gasteiger partial charge in [-0.05, 0) is 0 Å². The van der Waals surface area contributed by atoms with E-state index in [0.717, 1.165) is 6.42 Å². The van der Waals surface area contributed by atoms with E-state index in [9.17, 15) is 0 Å². The molecule has 0 fully saturated rings. The van der Waals surface area contributed by atoms with Crippen molar-refractivity contribution in [3.05, 3.63) is 132 Å². The fourth-order valence-corrected chi connectivity index (χ4v) is 20.2. The third-order valence-corrected chi connectivity index (χ3v) is 21.3. The Hall–Kier alpha value is -2.38. The molecule has 0 saturated heterocycles. The maximum atomic E-state index is 4.04. The Morgan fingerprint density at radius 3 is 1.79 bits per heavy atom. The first-order valence-electron chi connectivity index (χ1n) is 14.6. The molecule has 200 valence electrons. The van der Waals surface area contributed by atoms with Gasteiger partial charge in [-0.15, -0.1) is 0 Å². The van der Waals surface area contributed by atoms with Crippen LogP contribution in [0.25, 0.3) is 11.1 Å². The zero-order valence-corrected chi connectivity index (χ0v) is 28.3. The molecule has 39 heavy (non-hydrogen) atoms. The third-order valence-electron chi connectivity index (χ3n) is 8.47. The van der Waals surface area contributed by atoms with Gasteiger partial charge in [-0.1, -0.05) is 0 Å². The number of fused-ring (bicyclic) bond motifs is 3. The fourth-order valence-electron chi connectivity index (χ4n) is 6.25. The van der Waals surface area contributed by atoms with Crippen LogP contribution in [0.15, 0.2) is 104 Å². The molecule has 3 aromatic carbocycles. The summed E-state index contributed by atoms with van der Waals surface area (Å²) in [5, 5.41) is 0. The van der Waals surface area contributed by atoms with Gasteiger partial charge in [0, 0.05) is 0 Å². The van der Waals surface area contributed by atoms with Gasteiger partial charge in [-0.2, -0.15) is 0 Å². The van der Waals surface area contributed by atoms with Crippen molar-refractivity contribution >= 4 is 3.26 Å². The van der Waals surface area contributed by atoms with E-state index in [1.165, 1.54) is 40.7 Å². The van der Waals surface area contributed by atoms with Gasteiger partial charge in [0.25, 0.3) is 0 Å². The minimum atomic E-state index is -2.69. The molecule has 0 heterocycles. The molecule has 0 radical (unpaired) electrons. The molecule has 0 aromatic heterocycles. The van der Waals surface area contributed by atoms with Crippen LogP contribution < -0.4 is 0 Å². The summed E-state index contributed by atoms with van der Waals surface area (Å²) in [6.07, 6.45) is 15.2. The molecular weight excluding hydrogens is 635 g/mol. The molecule has 0 aliphatic heterocycles. The molecule has 0 amide bonds. The zero-order valence-electron chi connectivity index (χ0n) is 24.7. The Kier molecular flexibility index (Phi) is 8.12. The molecule has 0 N–H and O–H groups in total. The van der Waals surface area contributed by atoms with Gasteiger partial charge in [0.1, 0.15) is 0 Å². The van der Waals surface area contributed by atoms with Crippen molar-refractivity contribution in [2.24, 2.45) is 0 Å². The molecule has 1 heteroatoms. The molecule has 0 saturated carbocycles. The summed E-state index contributed by atoms with van der Waals surface area (Å²) in [7, 11) is 0. The fraction of sp³-hybridized carbons (Fsp3) is 0.342. The van der Waals surface area contributed by atoms with E-state index >= 15 is 0 Å². The summed E-state index contributed by atoms with van der Waals surface area (Å²) in [5.41, 5.74) is 10.8. The summed E-state index contributed by atoms with van der Waals surface area (Å²) in [5.74, 6) is 0. The first-order chi connectivity index (χ1) is 18.6. The topological polar surface area (TPSA) is 0 Å². The summed E-state index contributed by atoms with van der Waals surface area (Å²) in [4.78, 5) is 0. The van der Waals surface area contributed by atoms with E-state index < -0.39 is 21.0 Å². The Labute approximate surface area is 244 Å². The van der Waals surface area contributed by atoms with Crippen LogP contribution in [0.1, 0.15) is 92.3 Å². The average Bonchev–Trinajstić information content (AvgIpc) is 3.54.